The summed E-state index contributed by atoms with van der Waals surface area (Å²) in [6.07, 6.45) is 3.72. The van der Waals surface area contributed by atoms with Crippen molar-refractivity contribution in [3.8, 4) is 0 Å². The van der Waals surface area contributed by atoms with Crippen molar-refractivity contribution in [1.29, 1.82) is 0 Å². The summed E-state index contributed by atoms with van der Waals surface area (Å²) in [4.78, 5) is 26.0. The lowest BCUT2D eigenvalue weighted by Gasteiger charge is -2.17. The molecule has 0 saturated carbocycles. The molecule has 22 heavy (non-hydrogen) atoms. The minimum atomic E-state index is -0.264. The molecule has 1 aromatic carbocycles. The highest BCUT2D eigenvalue weighted by molar-refractivity contribution is 8.13. The second kappa shape index (κ2) is 5.97. The smallest absolute Gasteiger partial charge is 0.339 e. The van der Waals surface area contributed by atoms with Gasteiger partial charge in [0, 0.05) is 29.9 Å². The molecule has 0 radical (unpaired) electrons. The van der Waals surface area contributed by atoms with E-state index in [1.165, 1.54) is 4.90 Å². The van der Waals surface area contributed by atoms with Crippen molar-refractivity contribution in [2.45, 2.75) is 30.6 Å². The van der Waals surface area contributed by atoms with Crippen LogP contribution in [0.3, 0.4) is 0 Å². The Balaban J connectivity index is 2.14. The largest absolute Gasteiger partial charge is 0.422 e. The maximum Gasteiger partial charge on any atom is 0.339 e. The van der Waals surface area contributed by atoms with E-state index >= 15 is 0 Å². The normalized spacial score (nSPS) is 14.0. The van der Waals surface area contributed by atoms with E-state index < -0.39 is 0 Å². The Labute approximate surface area is 137 Å². The Kier molecular flexibility index (Phi) is 4.19. The fourth-order valence-electron chi connectivity index (χ4n) is 2.71. The Morgan fingerprint density at radius 2 is 1.91 bits per heavy atom. The zero-order chi connectivity index (χ0) is 15.9. The Hall–Kier alpha value is -1.46. The molecule has 0 atom stereocenters. The molecule has 0 fully saturated rings. The molecule has 1 aliphatic carbocycles. The van der Waals surface area contributed by atoms with Gasteiger partial charge in [-0.05, 0) is 55.1 Å². The number of thioether (sulfide) groups is 1. The maximum atomic E-state index is 12.1. The lowest BCUT2D eigenvalue weighted by Crippen LogP contribution is -2.16. The Morgan fingerprint density at radius 1 is 1.23 bits per heavy atom. The third kappa shape index (κ3) is 2.75. The first-order chi connectivity index (χ1) is 10.5. The van der Waals surface area contributed by atoms with E-state index in [0.29, 0.717) is 15.5 Å². The van der Waals surface area contributed by atoms with Gasteiger partial charge in [0.2, 0.25) is 0 Å². The van der Waals surface area contributed by atoms with Crippen LogP contribution in [0.5, 0.6) is 0 Å². The van der Waals surface area contributed by atoms with Crippen molar-refractivity contribution >= 4 is 39.6 Å². The molecule has 116 valence electrons. The lowest BCUT2D eigenvalue weighted by atomic mass is 9.91. The molecule has 0 spiro atoms. The molecule has 0 N–H and O–H groups in total. The number of aryl methyl sites for hydroxylation is 1. The number of benzene rings is 1. The monoisotopic (exact) mass is 337 g/mol. The Morgan fingerprint density at radius 3 is 2.59 bits per heavy atom. The van der Waals surface area contributed by atoms with Gasteiger partial charge in [0.05, 0.1) is 5.02 Å². The second-order valence-electron chi connectivity index (χ2n) is 5.59. The number of rotatable bonds is 1. The van der Waals surface area contributed by atoms with Gasteiger partial charge in [-0.15, -0.1) is 0 Å². The molecule has 6 heteroatoms. The minimum absolute atomic E-state index is 0.124. The molecule has 1 amide bonds. The number of hydrogen-bond donors (Lipinski definition) is 0. The minimum Gasteiger partial charge on any atom is -0.422 e. The number of halogens is 1. The van der Waals surface area contributed by atoms with Gasteiger partial charge < -0.3 is 9.32 Å². The summed E-state index contributed by atoms with van der Waals surface area (Å²) < 4.78 is 5.45. The van der Waals surface area contributed by atoms with Gasteiger partial charge in [0.1, 0.15) is 5.58 Å². The summed E-state index contributed by atoms with van der Waals surface area (Å²) in [6, 6.07) is 3.51. The van der Waals surface area contributed by atoms with E-state index in [1.807, 2.05) is 6.07 Å². The Bertz CT molecular complexity index is 813. The summed E-state index contributed by atoms with van der Waals surface area (Å²) in [5.74, 6) is 0. The van der Waals surface area contributed by atoms with Gasteiger partial charge >= 0.3 is 5.63 Å². The summed E-state index contributed by atoms with van der Waals surface area (Å²) >= 11 is 7.35. The van der Waals surface area contributed by atoms with Crippen molar-refractivity contribution in [2.75, 3.05) is 14.1 Å². The predicted molar refractivity (Wildman–Crippen MR) is 89.1 cm³/mol. The summed E-state index contributed by atoms with van der Waals surface area (Å²) in [5, 5.41) is 1.27. The topological polar surface area (TPSA) is 50.5 Å². The quantitative estimate of drug-likeness (QED) is 0.580. The van der Waals surface area contributed by atoms with Gasteiger partial charge in [-0.3, -0.25) is 4.79 Å². The SMILES string of the molecule is CN(C)C(=O)Sc1cc2oc(=O)c3c(c2cc1Cl)CCCC3. The molecule has 0 unspecified atom stereocenters. The average molecular weight is 338 g/mol. The molecular formula is C16H16ClNO3S. The van der Waals surface area contributed by atoms with Crippen molar-refractivity contribution in [2.24, 2.45) is 0 Å². The van der Waals surface area contributed by atoms with Crippen LogP contribution in [0.15, 0.2) is 26.2 Å². The number of nitrogens with zero attached hydrogens (tertiary/aromatic N) is 1. The van der Waals surface area contributed by atoms with Crippen LogP contribution in [0.25, 0.3) is 11.0 Å². The molecule has 1 aliphatic rings. The van der Waals surface area contributed by atoms with Gasteiger partial charge in [-0.1, -0.05) is 11.6 Å². The van der Waals surface area contributed by atoms with Crippen LogP contribution in [0, 0.1) is 0 Å². The maximum absolute atomic E-state index is 12.1. The first-order valence-corrected chi connectivity index (χ1v) is 8.34. The van der Waals surface area contributed by atoms with Gasteiger partial charge in [0.25, 0.3) is 5.24 Å². The van der Waals surface area contributed by atoms with Crippen molar-refractivity contribution in [3.63, 3.8) is 0 Å². The molecule has 3 rings (SSSR count). The van der Waals surface area contributed by atoms with Crippen LogP contribution in [-0.4, -0.2) is 24.2 Å². The van der Waals surface area contributed by atoms with Crippen LogP contribution in [0.2, 0.25) is 5.02 Å². The van der Waals surface area contributed by atoms with E-state index in [4.69, 9.17) is 16.0 Å². The number of hydrogen-bond acceptors (Lipinski definition) is 4. The number of carbonyl (C=O) groups is 1. The van der Waals surface area contributed by atoms with Crippen molar-refractivity contribution in [3.05, 3.63) is 38.7 Å². The summed E-state index contributed by atoms with van der Waals surface area (Å²) in [7, 11) is 3.36. The third-order valence-corrected chi connectivity index (χ3v) is 5.36. The molecule has 4 nitrogen and oxygen atoms in total. The first-order valence-electron chi connectivity index (χ1n) is 7.14. The second-order valence-corrected chi connectivity index (χ2v) is 7.00. The molecular weight excluding hydrogens is 322 g/mol. The number of amides is 1. The first kappa shape index (κ1) is 15.4. The zero-order valence-corrected chi connectivity index (χ0v) is 14.0. The van der Waals surface area contributed by atoms with Crippen LogP contribution >= 0.6 is 23.4 Å². The van der Waals surface area contributed by atoms with E-state index in [9.17, 15) is 9.59 Å². The summed E-state index contributed by atoms with van der Waals surface area (Å²) in [6.45, 7) is 0. The molecule has 1 heterocycles. The van der Waals surface area contributed by atoms with Crippen LogP contribution in [-0.2, 0) is 12.8 Å². The fourth-order valence-corrected chi connectivity index (χ4v) is 3.68. The zero-order valence-electron chi connectivity index (χ0n) is 12.4. The standard InChI is InChI=1S/C16H16ClNO3S/c1-18(2)16(20)22-14-8-13-11(7-12(14)17)9-5-3-4-6-10(9)15(19)21-13/h7-8H,3-6H2,1-2H3. The van der Waals surface area contributed by atoms with Crippen LogP contribution in [0.1, 0.15) is 24.0 Å². The number of carbonyl (C=O) groups excluding carboxylic acids is 1. The third-order valence-electron chi connectivity index (χ3n) is 3.84. The average Bonchev–Trinajstić information content (AvgIpc) is 2.49. The lowest BCUT2D eigenvalue weighted by molar-refractivity contribution is 0.241. The highest BCUT2D eigenvalue weighted by Crippen LogP contribution is 2.35. The van der Waals surface area contributed by atoms with Crippen molar-refractivity contribution in [1.82, 2.24) is 4.90 Å². The van der Waals surface area contributed by atoms with E-state index in [2.05, 4.69) is 0 Å². The van der Waals surface area contributed by atoms with Crippen molar-refractivity contribution < 1.29 is 9.21 Å². The van der Waals surface area contributed by atoms with Crippen LogP contribution < -0.4 is 5.63 Å². The van der Waals surface area contributed by atoms with E-state index in [1.54, 1.807) is 20.2 Å². The molecule has 1 aromatic heterocycles. The number of fused-ring (bicyclic) bond motifs is 3. The molecule has 0 aliphatic heterocycles. The van der Waals surface area contributed by atoms with Gasteiger partial charge in [-0.2, -0.15) is 0 Å². The van der Waals surface area contributed by atoms with E-state index in [-0.39, 0.29) is 10.9 Å². The molecule has 0 saturated heterocycles. The van der Waals surface area contributed by atoms with E-state index in [0.717, 1.165) is 54.0 Å². The fraction of sp³-hybridized carbons (Fsp3) is 0.375. The summed E-state index contributed by atoms with van der Waals surface area (Å²) in [5.41, 5.74) is 2.07. The van der Waals surface area contributed by atoms with Crippen LogP contribution in [0.4, 0.5) is 4.79 Å². The van der Waals surface area contributed by atoms with Gasteiger partial charge in [0.15, 0.2) is 0 Å². The molecule has 0 bridgehead atoms. The highest BCUT2D eigenvalue weighted by Gasteiger charge is 2.20. The highest BCUT2D eigenvalue weighted by atomic mass is 35.5. The predicted octanol–water partition coefficient (Wildman–Crippen LogP) is 4.10. The molecule has 2 aromatic rings. The van der Waals surface area contributed by atoms with Gasteiger partial charge in [-0.25, -0.2) is 4.79 Å².